The zero-order chi connectivity index (χ0) is 14.5. The summed E-state index contributed by atoms with van der Waals surface area (Å²) in [5.74, 6) is 0.565. The largest absolute Gasteiger partial charge is 0.507 e. The van der Waals surface area contributed by atoms with E-state index in [-0.39, 0.29) is 11.7 Å². The molecule has 2 aromatic rings. The van der Waals surface area contributed by atoms with Gasteiger partial charge in [0.25, 0.3) is 0 Å². The fraction of sp³-hybridized carbons (Fsp3) is 0.312. The Morgan fingerprint density at radius 3 is 2.55 bits per heavy atom. The van der Waals surface area contributed by atoms with E-state index in [2.05, 4.69) is 0 Å². The van der Waals surface area contributed by atoms with Crippen molar-refractivity contribution in [2.24, 2.45) is 0 Å². The van der Waals surface area contributed by atoms with Gasteiger partial charge >= 0.3 is 5.97 Å². The summed E-state index contributed by atoms with van der Waals surface area (Å²) in [6, 6.07) is 8.71. The molecule has 0 aliphatic carbocycles. The smallest absolute Gasteiger partial charge is 0.311 e. The summed E-state index contributed by atoms with van der Waals surface area (Å²) in [6.45, 7) is 4.18. The van der Waals surface area contributed by atoms with Crippen LogP contribution in [0.15, 0.2) is 30.3 Å². The normalized spacial score (nSPS) is 10.5. The van der Waals surface area contributed by atoms with Crippen LogP contribution < -0.4 is 9.47 Å². The molecule has 106 valence electrons. The zero-order valence-electron chi connectivity index (χ0n) is 11.7. The van der Waals surface area contributed by atoms with Crippen molar-refractivity contribution in [1.82, 2.24) is 0 Å². The zero-order valence-corrected chi connectivity index (χ0v) is 11.7. The summed E-state index contributed by atoms with van der Waals surface area (Å²) in [5, 5.41) is 11.3. The number of carbonyl (C=O) groups excluding carboxylic acids is 1. The topological polar surface area (TPSA) is 55.8 Å². The maximum Gasteiger partial charge on any atom is 0.311 e. The van der Waals surface area contributed by atoms with Crippen molar-refractivity contribution in [2.45, 2.75) is 26.7 Å². The average molecular weight is 274 g/mol. The first-order valence-electron chi connectivity index (χ1n) is 6.75. The lowest BCUT2D eigenvalue weighted by molar-refractivity contribution is -0.134. The van der Waals surface area contributed by atoms with Gasteiger partial charge in [-0.3, -0.25) is 4.79 Å². The Morgan fingerprint density at radius 2 is 1.90 bits per heavy atom. The number of rotatable bonds is 5. The lowest BCUT2D eigenvalue weighted by Gasteiger charge is -2.14. The molecule has 0 spiro atoms. The van der Waals surface area contributed by atoms with E-state index in [1.165, 1.54) is 6.07 Å². The first-order valence-corrected chi connectivity index (χ1v) is 6.75. The summed E-state index contributed by atoms with van der Waals surface area (Å²) in [5.41, 5.74) is 0. The molecule has 0 radical (unpaired) electrons. The predicted octanol–water partition coefficient (Wildman–Crippen LogP) is 3.65. The summed E-state index contributed by atoms with van der Waals surface area (Å²) in [6.07, 6.45) is 1.07. The van der Waals surface area contributed by atoms with Crippen LogP contribution in [0, 0.1) is 0 Å². The van der Waals surface area contributed by atoms with Gasteiger partial charge in [-0.15, -0.1) is 0 Å². The van der Waals surface area contributed by atoms with Gasteiger partial charge in [-0.25, -0.2) is 0 Å². The van der Waals surface area contributed by atoms with E-state index in [1.807, 2.05) is 26.0 Å². The molecule has 0 atom stereocenters. The number of carbonyl (C=O) groups is 1. The van der Waals surface area contributed by atoms with Crippen LogP contribution in [0.5, 0.6) is 17.2 Å². The molecule has 0 aliphatic heterocycles. The van der Waals surface area contributed by atoms with E-state index < -0.39 is 0 Å². The van der Waals surface area contributed by atoms with Crippen molar-refractivity contribution in [3.05, 3.63) is 30.3 Å². The van der Waals surface area contributed by atoms with E-state index >= 15 is 0 Å². The van der Waals surface area contributed by atoms with Crippen LogP contribution >= 0.6 is 0 Å². The van der Waals surface area contributed by atoms with Crippen LogP contribution in [-0.4, -0.2) is 17.7 Å². The van der Waals surface area contributed by atoms with Crippen molar-refractivity contribution in [3.63, 3.8) is 0 Å². The third-order valence-electron chi connectivity index (χ3n) is 2.91. The fourth-order valence-electron chi connectivity index (χ4n) is 2.04. The number of ether oxygens (including phenoxy) is 2. The summed E-state index contributed by atoms with van der Waals surface area (Å²) >= 11 is 0. The Morgan fingerprint density at radius 1 is 1.20 bits per heavy atom. The van der Waals surface area contributed by atoms with Crippen LogP contribution in [0.3, 0.4) is 0 Å². The summed E-state index contributed by atoms with van der Waals surface area (Å²) < 4.78 is 10.9. The van der Waals surface area contributed by atoms with Crippen molar-refractivity contribution in [3.8, 4) is 17.2 Å². The summed E-state index contributed by atoms with van der Waals surface area (Å²) in [4.78, 5) is 11.8. The minimum atomic E-state index is -0.302. The maximum absolute atomic E-state index is 11.8. The van der Waals surface area contributed by atoms with Crippen molar-refractivity contribution >= 4 is 16.7 Å². The number of phenols is 1. The van der Waals surface area contributed by atoms with Crippen LogP contribution in [0.2, 0.25) is 0 Å². The molecule has 2 rings (SSSR count). The highest BCUT2D eigenvalue weighted by atomic mass is 16.6. The Balaban J connectivity index is 2.55. The Kier molecular flexibility index (Phi) is 4.45. The molecule has 0 bridgehead atoms. The molecule has 0 fully saturated rings. The highest BCUT2D eigenvalue weighted by molar-refractivity contribution is 5.96. The molecule has 0 unspecified atom stereocenters. The monoisotopic (exact) mass is 274 g/mol. The van der Waals surface area contributed by atoms with E-state index in [0.29, 0.717) is 35.3 Å². The average Bonchev–Trinajstić information content (AvgIpc) is 2.44. The molecule has 0 saturated heterocycles. The number of phenolic OH excluding ortho intramolecular Hbond substituents is 1. The molecule has 1 N–H and O–H groups in total. The van der Waals surface area contributed by atoms with Gasteiger partial charge in [-0.1, -0.05) is 31.2 Å². The molecule has 4 nitrogen and oxygen atoms in total. The first kappa shape index (κ1) is 14.2. The number of hydrogen-bond donors (Lipinski definition) is 1. The molecule has 2 aromatic carbocycles. The minimum absolute atomic E-state index is 0.111. The number of aromatic hydroxyl groups is 1. The second-order valence-corrected chi connectivity index (χ2v) is 4.43. The number of esters is 1. The van der Waals surface area contributed by atoms with Gasteiger partial charge in [0.2, 0.25) is 0 Å². The van der Waals surface area contributed by atoms with Gasteiger partial charge in [0, 0.05) is 23.3 Å². The SMILES string of the molecule is CCCC(=O)Oc1c(OCC)cc(O)c2ccccc12. The quantitative estimate of drug-likeness (QED) is 0.668. The van der Waals surface area contributed by atoms with Gasteiger partial charge in [-0.2, -0.15) is 0 Å². The van der Waals surface area contributed by atoms with E-state index in [4.69, 9.17) is 9.47 Å². The predicted molar refractivity (Wildman–Crippen MR) is 77.3 cm³/mol. The van der Waals surface area contributed by atoms with Crippen molar-refractivity contribution in [1.29, 1.82) is 0 Å². The molecule has 0 aromatic heterocycles. The number of benzene rings is 2. The van der Waals surface area contributed by atoms with Crippen LogP contribution in [0.1, 0.15) is 26.7 Å². The third kappa shape index (κ3) is 2.85. The lowest BCUT2D eigenvalue weighted by atomic mass is 10.1. The Hall–Kier alpha value is -2.23. The van der Waals surface area contributed by atoms with Crippen molar-refractivity contribution < 1.29 is 19.4 Å². The lowest BCUT2D eigenvalue weighted by Crippen LogP contribution is -2.09. The second kappa shape index (κ2) is 6.28. The van der Waals surface area contributed by atoms with E-state index in [9.17, 15) is 9.90 Å². The number of hydrogen-bond acceptors (Lipinski definition) is 4. The Bertz CT molecular complexity index is 619. The molecule has 0 amide bonds. The minimum Gasteiger partial charge on any atom is -0.507 e. The van der Waals surface area contributed by atoms with Crippen LogP contribution in [0.4, 0.5) is 0 Å². The van der Waals surface area contributed by atoms with E-state index in [1.54, 1.807) is 12.1 Å². The molecule has 4 heteroatoms. The molecular weight excluding hydrogens is 256 g/mol. The van der Waals surface area contributed by atoms with Crippen LogP contribution in [-0.2, 0) is 4.79 Å². The second-order valence-electron chi connectivity index (χ2n) is 4.43. The van der Waals surface area contributed by atoms with Crippen LogP contribution in [0.25, 0.3) is 10.8 Å². The van der Waals surface area contributed by atoms with Gasteiger partial charge in [0.15, 0.2) is 11.5 Å². The molecule has 0 heterocycles. The highest BCUT2D eigenvalue weighted by Crippen LogP contribution is 2.41. The third-order valence-corrected chi connectivity index (χ3v) is 2.91. The van der Waals surface area contributed by atoms with Crippen molar-refractivity contribution in [2.75, 3.05) is 6.61 Å². The molecule has 0 saturated carbocycles. The first-order chi connectivity index (χ1) is 9.67. The maximum atomic E-state index is 11.8. The number of fused-ring (bicyclic) bond motifs is 1. The molecule has 0 aliphatic rings. The van der Waals surface area contributed by atoms with Gasteiger partial charge in [0.05, 0.1) is 6.61 Å². The standard InChI is InChI=1S/C16H18O4/c1-3-7-15(18)20-16-12-9-6-5-8-11(12)13(17)10-14(16)19-4-2/h5-6,8-10,17H,3-4,7H2,1-2H3. The molecule has 20 heavy (non-hydrogen) atoms. The van der Waals surface area contributed by atoms with Gasteiger partial charge in [-0.05, 0) is 13.3 Å². The van der Waals surface area contributed by atoms with Gasteiger partial charge in [0.1, 0.15) is 5.75 Å². The highest BCUT2D eigenvalue weighted by Gasteiger charge is 2.16. The fourth-order valence-corrected chi connectivity index (χ4v) is 2.04. The van der Waals surface area contributed by atoms with Gasteiger partial charge < -0.3 is 14.6 Å². The summed E-state index contributed by atoms with van der Waals surface area (Å²) in [7, 11) is 0. The molecular formula is C16H18O4. The Labute approximate surface area is 117 Å². The van der Waals surface area contributed by atoms with E-state index in [0.717, 1.165) is 6.42 Å².